The van der Waals surface area contributed by atoms with E-state index in [1.54, 1.807) is 0 Å². The fraction of sp³-hybridized carbons (Fsp3) is 0.300. The van der Waals surface area contributed by atoms with Crippen LogP contribution in [0.5, 0.6) is 0 Å². The second-order valence-electron chi connectivity index (χ2n) is 3.15. The lowest BCUT2D eigenvalue weighted by molar-refractivity contribution is 0.725. The average molecular weight is 192 g/mol. The highest BCUT2D eigenvalue weighted by atomic mass is 32.1. The first-order valence-electron chi connectivity index (χ1n) is 4.27. The van der Waals surface area contributed by atoms with E-state index >= 15 is 0 Å². The van der Waals surface area contributed by atoms with Crippen molar-refractivity contribution in [3.8, 4) is 0 Å². The summed E-state index contributed by atoms with van der Waals surface area (Å²) in [5.74, 6) is 0. The molecule has 2 nitrogen and oxygen atoms in total. The monoisotopic (exact) mass is 192 g/mol. The van der Waals surface area contributed by atoms with Gasteiger partial charge in [0.25, 0.3) is 0 Å². The van der Waals surface area contributed by atoms with E-state index in [9.17, 15) is 0 Å². The second kappa shape index (κ2) is 3.34. The van der Waals surface area contributed by atoms with Crippen LogP contribution in [0.2, 0.25) is 0 Å². The molecule has 3 heteroatoms. The summed E-state index contributed by atoms with van der Waals surface area (Å²) in [5, 5.41) is 6.29. The Labute approximate surface area is 81.8 Å². The lowest BCUT2D eigenvalue weighted by Crippen LogP contribution is -1.98. The van der Waals surface area contributed by atoms with Crippen LogP contribution in [0.3, 0.4) is 0 Å². The molecule has 0 aliphatic carbocycles. The minimum atomic E-state index is 1.00. The summed E-state index contributed by atoms with van der Waals surface area (Å²) in [6.07, 6.45) is 2.85. The lowest BCUT2D eigenvalue weighted by Gasteiger charge is -2.00. The Balaban J connectivity index is 2.24. The largest absolute Gasteiger partial charge is 0.272 e. The van der Waals surface area contributed by atoms with Gasteiger partial charge in [-0.25, -0.2) is 0 Å². The molecule has 0 fully saturated rings. The van der Waals surface area contributed by atoms with Crippen molar-refractivity contribution in [1.82, 2.24) is 9.78 Å². The van der Waals surface area contributed by atoms with Crippen LogP contribution < -0.4 is 0 Å². The molecule has 0 saturated heterocycles. The molecule has 0 amide bonds. The van der Waals surface area contributed by atoms with E-state index in [4.69, 9.17) is 0 Å². The molecule has 0 aliphatic heterocycles. The van der Waals surface area contributed by atoms with Gasteiger partial charge in [-0.15, -0.1) is 11.3 Å². The molecule has 0 unspecified atom stereocenters. The van der Waals surface area contributed by atoms with Crippen LogP contribution in [0, 0.1) is 6.92 Å². The smallest absolute Gasteiger partial charge is 0.0492 e. The van der Waals surface area contributed by atoms with E-state index in [0.29, 0.717) is 0 Å². The molecular weight excluding hydrogens is 180 g/mol. The van der Waals surface area contributed by atoms with Gasteiger partial charge in [-0.3, -0.25) is 4.68 Å². The average Bonchev–Trinajstić information content (AvgIpc) is 2.65. The van der Waals surface area contributed by atoms with Gasteiger partial charge in [0.1, 0.15) is 0 Å². The molecule has 2 heterocycles. The van der Waals surface area contributed by atoms with Crippen molar-refractivity contribution in [2.24, 2.45) is 7.05 Å². The van der Waals surface area contributed by atoms with Crippen LogP contribution in [0.15, 0.2) is 23.7 Å². The van der Waals surface area contributed by atoms with Gasteiger partial charge >= 0.3 is 0 Å². The first-order chi connectivity index (χ1) is 6.27. The molecular formula is C10H12N2S. The third-order valence-electron chi connectivity index (χ3n) is 2.23. The molecule has 2 aromatic rings. The Morgan fingerprint density at radius 2 is 2.31 bits per heavy atom. The molecule has 2 rings (SSSR count). The Hall–Kier alpha value is -1.09. The van der Waals surface area contributed by atoms with E-state index < -0.39 is 0 Å². The Morgan fingerprint density at radius 1 is 1.46 bits per heavy atom. The van der Waals surface area contributed by atoms with Crippen molar-refractivity contribution >= 4 is 11.3 Å². The molecule has 0 aromatic carbocycles. The van der Waals surface area contributed by atoms with E-state index in [0.717, 1.165) is 6.42 Å². The topological polar surface area (TPSA) is 17.8 Å². The number of thiophene rings is 1. The summed E-state index contributed by atoms with van der Waals surface area (Å²) >= 11 is 1.82. The standard InChI is InChI=1S/C10H12N2S/c1-8-4-6-13-10(8)7-9-3-5-11-12(9)2/h3-6H,7H2,1-2H3. The number of aryl methyl sites for hydroxylation is 2. The highest BCUT2D eigenvalue weighted by molar-refractivity contribution is 7.10. The van der Waals surface area contributed by atoms with Crippen molar-refractivity contribution in [2.45, 2.75) is 13.3 Å². The summed E-state index contributed by atoms with van der Waals surface area (Å²) in [6, 6.07) is 4.23. The molecule has 0 radical (unpaired) electrons. The van der Waals surface area contributed by atoms with Gasteiger partial charge in [-0.1, -0.05) is 0 Å². The third kappa shape index (κ3) is 1.65. The van der Waals surface area contributed by atoms with E-state index in [-0.39, 0.29) is 0 Å². The normalized spacial score (nSPS) is 10.6. The van der Waals surface area contributed by atoms with E-state index in [1.807, 2.05) is 29.3 Å². The minimum Gasteiger partial charge on any atom is -0.272 e. The van der Waals surface area contributed by atoms with E-state index in [2.05, 4.69) is 29.5 Å². The molecule has 0 N–H and O–H groups in total. The predicted octanol–water partition coefficient (Wildman–Crippen LogP) is 2.38. The van der Waals surface area contributed by atoms with Gasteiger partial charge < -0.3 is 0 Å². The zero-order chi connectivity index (χ0) is 9.26. The Morgan fingerprint density at radius 3 is 2.85 bits per heavy atom. The molecule has 0 atom stereocenters. The summed E-state index contributed by atoms with van der Waals surface area (Å²) < 4.78 is 1.93. The number of hydrogen-bond donors (Lipinski definition) is 0. The maximum atomic E-state index is 4.15. The number of aromatic nitrogens is 2. The first-order valence-corrected chi connectivity index (χ1v) is 5.15. The van der Waals surface area contributed by atoms with Crippen molar-refractivity contribution < 1.29 is 0 Å². The Kier molecular flexibility index (Phi) is 2.19. The number of rotatable bonds is 2. The summed E-state index contributed by atoms with van der Waals surface area (Å²) in [6.45, 7) is 2.15. The summed E-state index contributed by atoms with van der Waals surface area (Å²) in [4.78, 5) is 1.43. The number of nitrogens with zero attached hydrogens (tertiary/aromatic N) is 2. The maximum absolute atomic E-state index is 4.15. The van der Waals surface area contributed by atoms with Crippen molar-refractivity contribution in [2.75, 3.05) is 0 Å². The van der Waals surface area contributed by atoms with Gasteiger partial charge in [-0.05, 0) is 30.0 Å². The fourth-order valence-corrected chi connectivity index (χ4v) is 2.25. The molecule has 0 aliphatic rings. The molecule has 2 aromatic heterocycles. The maximum Gasteiger partial charge on any atom is 0.0492 e. The predicted molar refractivity (Wildman–Crippen MR) is 55.1 cm³/mol. The second-order valence-corrected chi connectivity index (χ2v) is 4.15. The summed E-state index contributed by atoms with van der Waals surface area (Å²) in [7, 11) is 1.98. The summed E-state index contributed by atoms with van der Waals surface area (Å²) in [5.41, 5.74) is 2.65. The molecule has 0 spiro atoms. The third-order valence-corrected chi connectivity index (χ3v) is 3.26. The van der Waals surface area contributed by atoms with E-state index in [1.165, 1.54) is 16.1 Å². The van der Waals surface area contributed by atoms with Crippen molar-refractivity contribution in [3.63, 3.8) is 0 Å². The molecule has 13 heavy (non-hydrogen) atoms. The lowest BCUT2D eigenvalue weighted by atomic mass is 10.2. The quantitative estimate of drug-likeness (QED) is 0.714. The minimum absolute atomic E-state index is 1.00. The van der Waals surface area contributed by atoms with Crippen LogP contribution >= 0.6 is 11.3 Å². The van der Waals surface area contributed by atoms with Crippen LogP contribution in [-0.4, -0.2) is 9.78 Å². The van der Waals surface area contributed by atoms with Crippen LogP contribution in [-0.2, 0) is 13.5 Å². The SMILES string of the molecule is Cc1ccsc1Cc1ccnn1C. The van der Waals surface area contributed by atoms with Gasteiger partial charge in [0.15, 0.2) is 0 Å². The van der Waals surface area contributed by atoms with Crippen LogP contribution in [0.1, 0.15) is 16.1 Å². The van der Waals surface area contributed by atoms with Gasteiger partial charge in [0.05, 0.1) is 0 Å². The van der Waals surface area contributed by atoms with Gasteiger partial charge in [0.2, 0.25) is 0 Å². The van der Waals surface area contributed by atoms with Crippen LogP contribution in [0.4, 0.5) is 0 Å². The molecule has 68 valence electrons. The van der Waals surface area contributed by atoms with Crippen LogP contribution in [0.25, 0.3) is 0 Å². The van der Waals surface area contributed by atoms with Gasteiger partial charge in [-0.2, -0.15) is 5.10 Å². The fourth-order valence-electron chi connectivity index (χ4n) is 1.32. The van der Waals surface area contributed by atoms with Crippen molar-refractivity contribution in [1.29, 1.82) is 0 Å². The zero-order valence-corrected chi connectivity index (χ0v) is 8.64. The molecule has 0 saturated carbocycles. The Bertz CT molecular complexity index is 362. The highest BCUT2D eigenvalue weighted by Crippen LogP contribution is 2.19. The first kappa shape index (κ1) is 8.51. The number of hydrogen-bond acceptors (Lipinski definition) is 2. The van der Waals surface area contributed by atoms with Gasteiger partial charge in [0, 0.05) is 30.2 Å². The van der Waals surface area contributed by atoms with Crippen molar-refractivity contribution in [3.05, 3.63) is 39.8 Å². The molecule has 0 bridgehead atoms. The zero-order valence-electron chi connectivity index (χ0n) is 7.82. The highest BCUT2D eigenvalue weighted by Gasteiger charge is 2.03.